The normalized spacial score (nSPS) is 10.9. The molecule has 0 amide bonds. The molecule has 9 heteroatoms. The summed E-state index contributed by atoms with van der Waals surface area (Å²) in [6.45, 7) is 0. The number of H-pyrrole nitrogens is 1. The van der Waals surface area contributed by atoms with Crippen LogP contribution in [-0.4, -0.2) is 28.8 Å². The molecule has 0 aliphatic carbocycles. The van der Waals surface area contributed by atoms with Crippen LogP contribution in [0.5, 0.6) is 11.5 Å². The van der Waals surface area contributed by atoms with E-state index in [1.807, 2.05) is 24.3 Å². The number of hydrogen-bond acceptors (Lipinski definition) is 6. The smallest absolute Gasteiger partial charge is 0.333 e. The number of halogens is 1. The molecule has 0 saturated heterocycles. The molecular formula is C26H17FN4O4. The van der Waals surface area contributed by atoms with Crippen LogP contribution >= 0.6 is 0 Å². The van der Waals surface area contributed by atoms with Gasteiger partial charge >= 0.3 is 5.69 Å². The third kappa shape index (κ3) is 3.48. The SMILES string of the molecule is COc1cc(-c2cc(OC)c3c(=O)n(-c4cncc5ccccc45)c(=O)[nH]c3c2)c(C#N)cc1F. The van der Waals surface area contributed by atoms with Gasteiger partial charge in [0.2, 0.25) is 0 Å². The van der Waals surface area contributed by atoms with Crippen molar-refractivity contribution in [1.29, 1.82) is 5.26 Å². The van der Waals surface area contributed by atoms with Crippen LogP contribution in [0.15, 0.2) is 70.5 Å². The summed E-state index contributed by atoms with van der Waals surface area (Å²) in [4.78, 5) is 33.6. The van der Waals surface area contributed by atoms with Crippen LogP contribution in [0, 0.1) is 17.1 Å². The van der Waals surface area contributed by atoms with E-state index in [1.54, 1.807) is 24.4 Å². The number of nitrogens with zero attached hydrogens (tertiary/aromatic N) is 3. The minimum atomic E-state index is -0.680. The fraction of sp³-hybridized carbons (Fsp3) is 0.0769. The van der Waals surface area contributed by atoms with Crippen molar-refractivity contribution >= 4 is 21.7 Å². The predicted octanol–water partition coefficient (Wildman–Crippen LogP) is 3.92. The summed E-state index contributed by atoms with van der Waals surface area (Å²) in [5.74, 6) is -0.557. The summed E-state index contributed by atoms with van der Waals surface area (Å²) in [7, 11) is 2.71. The zero-order chi connectivity index (χ0) is 24.7. The number of ether oxygens (including phenoxy) is 2. The predicted molar refractivity (Wildman–Crippen MR) is 129 cm³/mol. The minimum absolute atomic E-state index is 0.0505. The molecule has 0 unspecified atom stereocenters. The zero-order valence-corrected chi connectivity index (χ0v) is 18.6. The molecule has 0 atom stereocenters. The van der Waals surface area contributed by atoms with Crippen molar-refractivity contribution < 1.29 is 13.9 Å². The second-order valence-corrected chi connectivity index (χ2v) is 7.70. The highest BCUT2D eigenvalue weighted by molar-refractivity contribution is 5.92. The molecule has 0 bridgehead atoms. The molecule has 5 rings (SSSR count). The molecule has 2 aromatic heterocycles. The Bertz CT molecular complexity index is 1800. The van der Waals surface area contributed by atoms with Gasteiger partial charge < -0.3 is 14.5 Å². The topological polar surface area (TPSA) is 110 Å². The second-order valence-electron chi connectivity index (χ2n) is 7.70. The van der Waals surface area contributed by atoms with Crippen LogP contribution < -0.4 is 20.7 Å². The monoisotopic (exact) mass is 468 g/mol. The molecule has 5 aromatic rings. The fourth-order valence-electron chi connectivity index (χ4n) is 4.16. The number of rotatable bonds is 4. The van der Waals surface area contributed by atoms with Gasteiger partial charge in [-0.15, -0.1) is 0 Å². The van der Waals surface area contributed by atoms with Crippen molar-refractivity contribution in [1.82, 2.24) is 14.5 Å². The van der Waals surface area contributed by atoms with E-state index in [2.05, 4.69) is 9.97 Å². The Morgan fingerprint density at radius 2 is 1.80 bits per heavy atom. The fourth-order valence-corrected chi connectivity index (χ4v) is 4.16. The van der Waals surface area contributed by atoms with Crippen molar-refractivity contribution in [3.05, 3.63) is 93.1 Å². The van der Waals surface area contributed by atoms with Gasteiger partial charge in [-0.25, -0.2) is 13.8 Å². The highest BCUT2D eigenvalue weighted by Gasteiger charge is 2.19. The minimum Gasteiger partial charge on any atom is -0.496 e. The maximum absolute atomic E-state index is 14.2. The summed E-state index contributed by atoms with van der Waals surface area (Å²) < 4.78 is 25.7. The molecule has 0 radical (unpaired) electrons. The average Bonchev–Trinajstić information content (AvgIpc) is 2.87. The first-order chi connectivity index (χ1) is 17.0. The standard InChI is InChI=1S/C26H17FN4O4/c1-34-22-10-18(16(11-28)7-19(22)27)15-8-20-24(23(9-15)35-2)25(32)31(26(33)30-20)21-13-29-12-14-5-3-4-6-17(14)21/h3-10,12-13H,1-2H3,(H,30,33). The molecule has 172 valence electrons. The lowest BCUT2D eigenvalue weighted by Crippen LogP contribution is -2.34. The van der Waals surface area contributed by atoms with Gasteiger partial charge in [-0.1, -0.05) is 24.3 Å². The number of nitriles is 1. The van der Waals surface area contributed by atoms with Gasteiger partial charge in [0.15, 0.2) is 11.6 Å². The van der Waals surface area contributed by atoms with Crippen LogP contribution in [0.25, 0.3) is 38.5 Å². The first-order valence-electron chi connectivity index (χ1n) is 10.4. The van der Waals surface area contributed by atoms with E-state index >= 15 is 0 Å². The number of pyridine rings is 1. The number of nitrogens with one attached hydrogen (secondary N) is 1. The van der Waals surface area contributed by atoms with Crippen molar-refractivity contribution in [2.45, 2.75) is 0 Å². The van der Waals surface area contributed by atoms with E-state index in [9.17, 15) is 19.2 Å². The maximum atomic E-state index is 14.2. The summed E-state index contributed by atoms with van der Waals surface area (Å²) in [5, 5.41) is 11.1. The summed E-state index contributed by atoms with van der Waals surface area (Å²) in [5.41, 5.74) is 0.114. The third-order valence-corrected chi connectivity index (χ3v) is 5.80. The quantitative estimate of drug-likeness (QED) is 0.428. The Balaban J connectivity index is 1.82. The van der Waals surface area contributed by atoms with Gasteiger partial charge in [0.25, 0.3) is 5.56 Å². The van der Waals surface area contributed by atoms with Crippen LogP contribution in [-0.2, 0) is 0 Å². The largest absolute Gasteiger partial charge is 0.496 e. The Morgan fingerprint density at radius 1 is 1.03 bits per heavy atom. The lowest BCUT2D eigenvalue weighted by atomic mass is 9.98. The number of aromatic nitrogens is 3. The average molecular weight is 468 g/mol. The molecule has 1 N–H and O–H groups in total. The first kappa shape index (κ1) is 21.9. The molecule has 8 nitrogen and oxygen atoms in total. The molecule has 0 fully saturated rings. The van der Waals surface area contributed by atoms with Gasteiger partial charge in [-0.2, -0.15) is 5.26 Å². The van der Waals surface area contributed by atoms with Crippen LogP contribution in [0.3, 0.4) is 0 Å². The summed E-state index contributed by atoms with van der Waals surface area (Å²) in [6.07, 6.45) is 3.10. The number of hydrogen-bond donors (Lipinski definition) is 1. The lowest BCUT2D eigenvalue weighted by molar-refractivity contribution is 0.386. The van der Waals surface area contributed by atoms with Crippen molar-refractivity contribution in [2.75, 3.05) is 14.2 Å². The van der Waals surface area contributed by atoms with E-state index in [1.165, 1.54) is 26.5 Å². The Hall–Kier alpha value is -4.97. The summed E-state index contributed by atoms with van der Waals surface area (Å²) in [6, 6.07) is 14.8. The molecular weight excluding hydrogens is 451 g/mol. The molecule has 0 aliphatic heterocycles. The van der Waals surface area contributed by atoms with E-state index in [4.69, 9.17) is 9.47 Å². The first-order valence-corrected chi connectivity index (χ1v) is 10.4. The van der Waals surface area contributed by atoms with Gasteiger partial charge in [0.1, 0.15) is 11.1 Å². The van der Waals surface area contributed by atoms with E-state index in [0.29, 0.717) is 22.2 Å². The van der Waals surface area contributed by atoms with Gasteiger partial charge in [-0.3, -0.25) is 9.78 Å². The van der Waals surface area contributed by atoms with E-state index < -0.39 is 17.1 Å². The van der Waals surface area contributed by atoms with Gasteiger partial charge in [-0.05, 0) is 29.8 Å². The molecule has 0 spiro atoms. The van der Waals surface area contributed by atoms with Crippen LogP contribution in [0.2, 0.25) is 0 Å². The van der Waals surface area contributed by atoms with E-state index in [-0.39, 0.29) is 28.0 Å². The highest BCUT2D eigenvalue weighted by Crippen LogP contribution is 2.34. The molecule has 0 aliphatic rings. The zero-order valence-electron chi connectivity index (χ0n) is 18.6. The maximum Gasteiger partial charge on any atom is 0.333 e. The van der Waals surface area contributed by atoms with Crippen molar-refractivity contribution in [2.24, 2.45) is 0 Å². The third-order valence-electron chi connectivity index (χ3n) is 5.80. The summed E-state index contributed by atoms with van der Waals surface area (Å²) >= 11 is 0. The molecule has 2 heterocycles. The Kier molecular flexibility index (Phi) is 5.26. The number of benzene rings is 3. The number of fused-ring (bicyclic) bond motifs is 2. The highest BCUT2D eigenvalue weighted by atomic mass is 19.1. The van der Waals surface area contributed by atoms with Crippen molar-refractivity contribution in [3.63, 3.8) is 0 Å². The molecule has 35 heavy (non-hydrogen) atoms. The lowest BCUT2D eigenvalue weighted by Gasteiger charge is -2.14. The van der Waals surface area contributed by atoms with Gasteiger partial charge in [0.05, 0.1) is 43.3 Å². The van der Waals surface area contributed by atoms with E-state index in [0.717, 1.165) is 16.0 Å². The van der Waals surface area contributed by atoms with Gasteiger partial charge in [0, 0.05) is 22.5 Å². The van der Waals surface area contributed by atoms with Crippen LogP contribution in [0.4, 0.5) is 4.39 Å². The Morgan fingerprint density at radius 3 is 2.54 bits per heavy atom. The Labute approximate surface area is 197 Å². The van der Waals surface area contributed by atoms with Crippen LogP contribution in [0.1, 0.15) is 5.56 Å². The number of aromatic amines is 1. The molecule has 0 saturated carbocycles. The number of methoxy groups -OCH3 is 2. The second kappa shape index (κ2) is 8.43. The van der Waals surface area contributed by atoms with Crippen molar-refractivity contribution in [3.8, 4) is 34.4 Å². The molecule has 3 aromatic carbocycles.